The van der Waals surface area contributed by atoms with E-state index >= 15 is 0 Å². The van der Waals surface area contributed by atoms with Crippen LogP contribution < -0.4 is 5.32 Å². The number of rotatable bonds is 3. The average molecular weight is 425 g/mol. The van der Waals surface area contributed by atoms with Gasteiger partial charge in [-0.3, -0.25) is 9.69 Å². The van der Waals surface area contributed by atoms with Crippen LogP contribution in [0.15, 0.2) is 24.3 Å². The summed E-state index contributed by atoms with van der Waals surface area (Å²) in [5.41, 5.74) is 1.94. The molecule has 1 aromatic carbocycles. The van der Waals surface area contributed by atoms with Gasteiger partial charge in [-0.15, -0.1) is 0 Å². The van der Waals surface area contributed by atoms with E-state index in [0.29, 0.717) is 13.0 Å². The standard InChI is InChI=1S/C26H36N2O3/c1-25(2,3)31-24(30)28-15-21-7-5-4-6-20(21)11-22(28)23(29)27-16-26-12-17-8-18(13-26)10-19(9-17)14-26/h4-7,17-19,22H,8-16H2,1-3H3,(H,27,29)/t17?,18?,19?,22-,26?/m1/s1. The molecule has 1 heterocycles. The van der Waals surface area contributed by atoms with Gasteiger partial charge < -0.3 is 10.1 Å². The molecule has 168 valence electrons. The Morgan fingerprint density at radius 3 is 2.19 bits per heavy atom. The number of hydrogen-bond acceptors (Lipinski definition) is 3. The fourth-order valence-electron chi connectivity index (χ4n) is 7.17. The van der Waals surface area contributed by atoms with Crippen molar-refractivity contribution in [2.24, 2.45) is 23.2 Å². The number of amides is 2. The third-order valence-corrected chi connectivity index (χ3v) is 7.98. The Kier molecular flexibility index (Phi) is 5.06. The average Bonchev–Trinajstić information content (AvgIpc) is 2.69. The Bertz CT molecular complexity index is 836. The van der Waals surface area contributed by atoms with E-state index in [1.807, 2.05) is 39.0 Å². The van der Waals surface area contributed by atoms with Crippen molar-refractivity contribution in [2.45, 2.75) is 83.9 Å². The van der Waals surface area contributed by atoms with Crippen molar-refractivity contribution in [3.05, 3.63) is 35.4 Å². The normalized spacial score (nSPS) is 33.7. The molecule has 0 saturated heterocycles. The van der Waals surface area contributed by atoms with Gasteiger partial charge in [0.25, 0.3) is 0 Å². The molecule has 4 saturated carbocycles. The molecule has 5 aliphatic rings. The molecule has 4 fully saturated rings. The first-order chi connectivity index (χ1) is 14.7. The predicted molar refractivity (Wildman–Crippen MR) is 119 cm³/mol. The lowest BCUT2D eigenvalue weighted by atomic mass is 9.49. The van der Waals surface area contributed by atoms with E-state index in [9.17, 15) is 9.59 Å². The smallest absolute Gasteiger partial charge is 0.411 e. The van der Waals surface area contributed by atoms with E-state index in [-0.39, 0.29) is 11.3 Å². The Morgan fingerprint density at radius 2 is 1.61 bits per heavy atom. The summed E-state index contributed by atoms with van der Waals surface area (Å²) in [6.07, 6.45) is 8.14. The van der Waals surface area contributed by atoms with Crippen LogP contribution in [0, 0.1) is 23.2 Å². The summed E-state index contributed by atoms with van der Waals surface area (Å²) >= 11 is 0. The van der Waals surface area contributed by atoms with Gasteiger partial charge in [0.15, 0.2) is 0 Å². The summed E-state index contributed by atoms with van der Waals surface area (Å²) in [6, 6.07) is 7.59. The molecule has 1 aromatic rings. The number of carbonyl (C=O) groups is 2. The minimum atomic E-state index is -0.589. The molecular formula is C26H36N2O3. The predicted octanol–water partition coefficient (Wildman–Crippen LogP) is 4.68. The first-order valence-corrected chi connectivity index (χ1v) is 12.0. The number of carbonyl (C=O) groups excluding carboxylic acids is 2. The van der Waals surface area contributed by atoms with Gasteiger partial charge in [-0.25, -0.2) is 4.79 Å². The molecule has 4 aliphatic carbocycles. The molecule has 0 radical (unpaired) electrons. The number of hydrogen-bond donors (Lipinski definition) is 1. The SMILES string of the molecule is CC(C)(C)OC(=O)N1Cc2ccccc2C[C@@H]1C(=O)NCC12CC3CC(CC(C3)C1)C2. The van der Waals surface area contributed by atoms with Crippen LogP contribution in [0.4, 0.5) is 4.79 Å². The number of nitrogens with one attached hydrogen (secondary N) is 1. The van der Waals surface area contributed by atoms with Crippen LogP contribution in [0.2, 0.25) is 0 Å². The summed E-state index contributed by atoms with van der Waals surface area (Å²) in [4.78, 5) is 28.0. The molecule has 4 bridgehead atoms. The molecule has 1 atom stereocenters. The second kappa shape index (κ2) is 7.53. The van der Waals surface area contributed by atoms with Crippen LogP contribution in [0.3, 0.4) is 0 Å². The zero-order valence-electron chi connectivity index (χ0n) is 19.2. The molecule has 0 unspecified atom stereocenters. The van der Waals surface area contributed by atoms with Crippen LogP contribution in [0.1, 0.15) is 70.4 Å². The summed E-state index contributed by atoms with van der Waals surface area (Å²) in [5.74, 6) is 2.56. The fourth-order valence-corrected chi connectivity index (χ4v) is 7.17. The lowest BCUT2D eigenvalue weighted by Crippen LogP contribution is -2.56. The topological polar surface area (TPSA) is 58.6 Å². The summed E-state index contributed by atoms with van der Waals surface area (Å²) in [5, 5.41) is 3.30. The minimum Gasteiger partial charge on any atom is -0.444 e. The largest absolute Gasteiger partial charge is 0.444 e. The van der Waals surface area contributed by atoms with Crippen molar-refractivity contribution >= 4 is 12.0 Å². The molecule has 2 amide bonds. The van der Waals surface area contributed by atoms with Crippen molar-refractivity contribution < 1.29 is 14.3 Å². The van der Waals surface area contributed by atoms with Crippen LogP contribution >= 0.6 is 0 Å². The zero-order chi connectivity index (χ0) is 21.8. The Hall–Kier alpha value is -2.04. The van der Waals surface area contributed by atoms with Crippen molar-refractivity contribution in [1.82, 2.24) is 10.2 Å². The number of benzene rings is 1. The molecule has 5 nitrogen and oxygen atoms in total. The Balaban J connectivity index is 1.31. The van der Waals surface area contributed by atoms with Crippen molar-refractivity contribution in [3.8, 4) is 0 Å². The van der Waals surface area contributed by atoms with Crippen LogP contribution in [-0.4, -0.2) is 35.1 Å². The van der Waals surface area contributed by atoms with E-state index in [0.717, 1.165) is 35.4 Å². The van der Waals surface area contributed by atoms with Crippen molar-refractivity contribution in [1.29, 1.82) is 0 Å². The van der Waals surface area contributed by atoms with Gasteiger partial charge in [0.05, 0.1) is 6.54 Å². The maximum Gasteiger partial charge on any atom is 0.411 e. The lowest BCUT2D eigenvalue weighted by molar-refractivity contribution is -0.129. The first kappa shape index (κ1) is 20.8. The summed E-state index contributed by atoms with van der Waals surface area (Å²) in [6.45, 7) is 6.77. The monoisotopic (exact) mass is 424 g/mol. The third kappa shape index (κ3) is 4.20. The number of ether oxygens (including phenoxy) is 1. The summed E-state index contributed by atoms with van der Waals surface area (Å²) in [7, 11) is 0. The molecular weight excluding hydrogens is 388 g/mol. The van der Waals surface area contributed by atoms with Gasteiger partial charge in [-0.05, 0) is 93.6 Å². The quantitative estimate of drug-likeness (QED) is 0.766. The molecule has 6 rings (SSSR count). The zero-order valence-corrected chi connectivity index (χ0v) is 19.2. The Morgan fingerprint density at radius 1 is 1.03 bits per heavy atom. The van der Waals surface area contributed by atoms with E-state index in [2.05, 4.69) is 11.4 Å². The Labute approximate surface area is 185 Å². The highest BCUT2D eigenvalue weighted by Gasteiger charge is 2.51. The van der Waals surface area contributed by atoms with Crippen LogP contribution in [-0.2, 0) is 22.5 Å². The molecule has 1 aliphatic heterocycles. The molecule has 0 aromatic heterocycles. The summed E-state index contributed by atoms with van der Waals surface area (Å²) < 4.78 is 5.66. The highest BCUT2D eigenvalue weighted by atomic mass is 16.6. The lowest BCUT2D eigenvalue weighted by Gasteiger charge is -2.57. The number of nitrogens with zero attached hydrogens (tertiary/aromatic N) is 1. The van der Waals surface area contributed by atoms with Crippen LogP contribution in [0.5, 0.6) is 0 Å². The molecule has 5 heteroatoms. The third-order valence-electron chi connectivity index (χ3n) is 7.98. The van der Waals surface area contributed by atoms with Crippen molar-refractivity contribution in [3.63, 3.8) is 0 Å². The van der Waals surface area contributed by atoms with Gasteiger partial charge in [-0.2, -0.15) is 0 Å². The second-order valence-corrected chi connectivity index (χ2v) is 11.7. The fraction of sp³-hybridized carbons (Fsp3) is 0.692. The highest BCUT2D eigenvalue weighted by Crippen LogP contribution is 2.59. The van der Waals surface area contributed by atoms with E-state index in [4.69, 9.17) is 4.74 Å². The van der Waals surface area contributed by atoms with E-state index in [1.54, 1.807) is 4.90 Å². The molecule has 31 heavy (non-hydrogen) atoms. The minimum absolute atomic E-state index is 0.0314. The van der Waals surface area contributed by atoms with Crippen LogP contribution in [0.25, 0.3) is 0 Å². The molecule has 1 N–H and O–H groups in total. The van der Waals surface area contributed by atoms with Gasteiger partial charge in [0.2, 0.25) is 5.91 Å². The highest BCUT2D eigenvalue weighted by molar-refractivity contribution is 5.86. The molecule has 0 spiro atoms. The second-order valence-electron chi connectivity index (χ2n) is 11.7. The number of fused-ring (bicyclic) bond motifs is 1. The first-order valence-electron chi connectivity index (χ1n) is 12.0. The van der Waals surface area contributed by atoms with E-state index in [1.165, 1.54) is 38.5 Å². The maximum absolute atomic E-state index is 13.4. The maximum atomic E-state index is 13.4. The van der Waals surface area contributed by atoms with Gasteiger partial charge in [-0.1, -0.05) is 24.3 Å². The van der Waals surface area contributed by atoms with Gasteiger partial charge in [0.1, 0.15) is 11.6 Å². The van der Waals surface area contributed by atoms with E-state index < -0.39 is 17.7 Å². The van der Waals surface area contributed by atoms with Crippen molar-refractivity contribution in [2.75, 3.05) is 6.54 Å². The van der Waals surface area contributed by atoms with Gasteiger partial charge in [0, 0.05) is 13.0 Å². The van der Waals surface area contributed by atoms with Gasteiger partial charge >= 0.3 is 6.09 Å².